The van der Waals surface area contributed by atoms with Gasteiger partial charge in [0.1, 0.15) is 37.1 Å². The number of aliphatic hydroxyl groups is 8. The number of hydrogen-bond acceptors (Lipinski definition) is 10. The Kier molecular flexibility index (Phi) is 28.7. The molecule has 0 saturated carbocycles. The van der Waals surface area contributed by atoms with Gasteiger partial charge >= 0.3 is 5.97 Å². The molecule has 0 bridgehead atoms. The minimum absolute atomic E-state index is 0.111. The van der Waals surface area contributed by atoms with Gasteiger partial charge in [0.2, 0.25) is 0 Å². The smallest absolute Gasteiger partial charge is 0.305 e. The molecule has 0 aromatic rings. The van der Waals surface area contributed by atoms with Crippen molar-refractivity contribution in [3.8, 4) is 0 Å². The van der Waals surface area contributed by atoms with E-state index in [2.05, 4.69) is 19.1 Å². The van der Waals surface area contributed by atoms with E-state index in [1.807, 2.05) is 0 Å². The monoisotopic (exact) mass is 538 g/mol. The summed E-state index contributed by atoms with van der Waals surface area (Å²) in [6, 6.07) is 0. The number of rotatable bonds is 23. The lowest BCUT2D eigenvalue weighted by molar-refractivity contribution is -0.147. The normalized spacial score (nSPS) is 15.5. The molecule has 0 rings (SSSR count). The Bertz CT molecular complexity index is 503. The van der Waals surface area contributed by atoms with Crippen LogP contribution in [0, 0.1) is 0 Å². The number of carbonyl (C=O) groups is 1. The molecular weight excluding hydrogens is 484 g/mol. The number of carbonyl (C=O) groups excluding carboxylic acids is 1. The SMILES string of the molecule is CCCCCCCC/C=C\CCCCCCCC(=O)OCC(O)CO.OCC(O)C(O)C(O)C(O)CO. The van der Waals surface area contributed by atoms with Crippen molar-refractivity contribution in [3.63, 3.8) is 0 Å². The summed E-state index contributed by atoms with van der Waals surface area (Å²) in [6.07, 6.45) is 13.7. The van der Waals surface area contributed by atoms with Gasteiger partial charge in [-0.05, 0) is 32.1 Å². The van der Waals surface area contributed by atoms with E-state index in [1.54, 1.807) is 0 Å². The molecule has 0 amide bonds. The fourth-order valence-corrected chi connectivity index (χ4v) is 3.33. The van der Waals surface area contributed by atoms with Gasteiger partial charge in [-0.3, -0.25) is 4.79 Å². The second kappa shape index (κ2) is 27.9. The Balaban J connectivity index is 0. The topological polar surface area (TPSA) is 188 Å². The summed E-state index contributed by atoms with van der Waals surface area (Å²) in [5.74, 6) is -0.287. The van der Waals surface area contributed by atoms with Crippen molar-refractivity contribution in [1.29, 1.82) is 0 Å². The highest BCUT2D eigenvalue weighted by Crippen LogP contribution is 2.10. The summed E-state index contributed by atoms with van der Waals surface area (Å²) in [4.78, 5) is 11.4. The second-order valence-corrected chi connectivity index (χ2v) is 9.33. The van der Waals surface area contributed by atoms with Gasteiger partial charge in [-0.25, -0.2) is 0 Å². The first-order chi connectivity index (χ1) is 17.7. The fourth-order valence-electron chi connectivity index (χ4n) is 3.33. The maximum absolute atomic E-state index is 11.4. The van der Waals surface area contributed by atoms with Crippen molar-refractivity contribution in [2.75, 3.05) is 26.4 Å². The van der Waals surface area contributed by atoms with Crippen molar-refractivity contribution < 1.29 is 50.4 Å². The third-order valence-corrected chi connectivity index (χ3v) is 5.80. The molecule has 8 N–H and O–H groups in total. The Morgan fingerprint density at radius 3 is 1.51 bits per heavy atom. The zero-order chi connectivity index (χ0) is 28.3. The summed E-state index contributed by atoms with van der Waals surface area (Å²) >= 11 is 0. The van der Waals surface area contributed by atoms with Crippen LogP contribution in [0.3, 0.4) is 0 Å². The van der Waals surface area contributed by atoms with Crippen LogP contribution < -0.4 is 0 Å². The summed E-state index contributed by atoms with van der Waals surface area (Å²) in [5, 5.41) is 69.9. The van der Waals surface area contributed by atoms with Crippen LogP contribution >= 0.6 is 0 Å². The van der Waals surface area contributed by atoms with Crippen LogP contribution in [0.15, 0.2) is 12.2 Å². The molecule has 0 aromatic carbocycles. The Morgan fingerprint density at radius 2 is 1.08 bits per heavy atom. The quantitative estimate of drug-likeness (QED) is 0.0535. The van der Waals surface area contributed by atoms with E-state index in [4.69, 9.17) is 45.6 Å². The Labute approximate surface area is 222 Å². The molecule has 0 aromatic heterocycles. The average Bonchev–Trinajstić information content (AvgIpc) is 2.92. The molecule has 0 heterocycles. The molecule has 0 radical (unpaired) electrons. The fraction of sp³-hybridized carbons (Fsp3) is 0.889. The first-order valence-electron chi connectivity index (χ1n) is 13.8. The predicted molar refractivity (Wildman–Crippen MR) is 142 cm³/mol. The highest BCUT2D eigenvalue weighted by molar-refractivity contribution is 5.69. The van der Waals surface area contributed by atoms with E-state index in [0.717, 1.165) is 25.7 Å². The first kappa shape index (κ1) is 38.0. The lowest BCUT2D eigenvalue weighted by Gasteiger charge is -2.24. The van der Waals surface area contributed by atoms with E-state index in [9.17, 15) is 4.79 Å². The standard InChI is InChI=1S/C21H40O4.C6H14O6/c1-2-3-4-5-6-7-8-9-10-11-12-13-14-15-16-17-21(24)25-19-20(23)18-22;7-1-3(9)5(11)6(12)4(10)2-8/h9-10,20,22-23H,2-8,11-19H2,1H3;3-12H,1-2H2/b10-9-;. The summed E-state index contributed by atoms with van der Waals surface area (Å²) in [6.45, 7) is 0.317. The van der Waals surface area contributed by atoms with Gasteiger partial charge in [0.05, 0.1) is 19.8 Å². The highest BCUT2D eigenvalue weighted by atomic mass is 16.5. The van der Waals surface area contributed by atoms with E-state index < -0.39 is 43.7 Å². The predicted octanol–water partition coefficient (Wildman–Crippen LogP) is 1.33. The molecule has 5 atom stereocenters. The summed E-state index contributed by atoms with van der Waals surface area (Å²) in [7, 11) is 0. The molecule has 0 spiro atoms. The van der Waals surface area contributed by atoms with Gasteiger partial charge in [-0.2, -0.15) is 0 Å². The molecule has 10 nitrogen and oxygen atoms in total. The molecule has 5 unspecified atom stereocenters. The van der Waals surface area contributed by atoms with Gasteiger partial charge < -0.3 is 45.6 Å². The molecule has 10 heteroatoms. The molecular formula is C27H54O10. The number of aliphatic hydroxyl groups excluding tert-OH is 8. The Morgan fingerprint density at radius 1 is 0.649 bits per heavy atom. The average molecular weight is 539 g/mol. The van der Waals surface area contributed by atoms with Gasteiger partial charge in [0, 0.05) is 6.42 Å². The highest BCUT2D eigenvalue weighted by Gasteiger charge is 2.29. The van der Waals surface area contributed by atoms with Gasteiger partial charge in [0.15, 0.2) is 0 Å². The number of unbranched alkanes of at least 4 members (excludes halogenated alkanes) is 11. The van der Waals surface area contributed by atoms with Crippen molar-refractivity contribution in [1.82, 2.24) is 0 Å². The van der Waals surface area contributed by atoms with E-state index in [0.29, 0.717) is 6.42 Å². The second-order valence-electron chi connectivity index (χ2n) is 9.33. The molecule has 0 fully saturated rings. The van der Waals surface area contributed by atoms with Crippen molar-refractivity contribution >= 4 is 5.97 Å². The first-order valence-corrected chi connectivity index (χ1v) is 13.8. The molecule has 0 aliphatic carbocycles. The third kappa shape index (κ3) is 25.0. The number of esters is 1. The maximum atomic E-state index is 11.4. The van der Waals surface area contributed by atoms with Crippen LogP contribution in [0.1, 0.15) is 96.8 Å². The zero-order valence-corrected chi connectivity index (χ0v) is 22.7. The lowest BCUT2D eigenvalue weighted by Crippen LogP contribution is -2.46. The van der Waals surface area contributed by atoms with E-state index in [1.165, 1.54) is 57.8 Å². The minimum Gasteiger partial charge on any atom is -0.463 e. The van der Waals surface area contributed by atoms with Gasteiger partial charge in [-0.1, -0.05) is 70.4 Å². The minimum atomic E-state index is -1.67. The van der Waals surface area contributed by atoms with Crippen LogP contribution in [-0.4, -0.2) is 104 Å². The molecule has 222 valence electrons. The molecule has 0 saturated heterocycles. The van der Waals surface area contributed by atoms with Crippen LogP contribution in [0.25, 0.3) is 0 Å². The van der Waals surface area contributed by atoms with Crippen LogP contribution in [0.4, 0.5) is 0 Å². The summed E-state index contributed by atoms with van der Waals surface area (Å²) < 4.78 is 4.86. The Hall–Kier alpha value is -1.11. The number of hydrogen-bond donors (Lipinski definition) is 8. The van der Waals surface area contributed by atoms with Crippen molar-refractivity contribution in [3.05, 3.63) is 12.2 Å². The van der Waals surface area contributed by atoms with Crippen LogP contribution in [0.2, 0.25) is 0 Å². The molecule has 37 heavy (non-hydrogen) atoms. The van der Waals surface area contributed by atoms with Crippen molar-refractivity contribution in [2.24, 2.45) is 0 Å². The van der Waals surface area contributed by atoms with Gasteiger partial charge in [0.25, 0.3) is 0 Å². The van der Waals surface area contributed by atoms with Crippen molar-refractivity contribution in [2.45, 2.75) is 127 Å². The van der Waals surface area contributed by atoms with Crippen LogP contribution in [-0.2, 0) is 9.53 Å². The lowest BCUT2D eigenvalue weighted by atomic mass is 10.0. The number of allylic oxidation sites excluding steroid dienone is 2. The maximum Gasteiger partial charge on any atom is 0.305 e. The van der Waals surface area contributed by atoms with E-state index >= 15 is 0 Å². The van der Waals surface area contributed by atoms with Crippen LogP contribution in [0.5, 0.6) is 0 Å². The third-order valence-electron chi connectivity index (χ3n) is 5.80. The van der Waals surface area contributed by atoms with Gasteiger partial charge in [-0.15, -0.1) is 0 Å². The molecule has 0 aliphatic rings. The molecule has 0 aliphatic heterocycles. The number of ether oxygens (including phenoxy) is 1. The largest absolute Gasteiger partial charge is 0.463 e. The van der Waals surface area contributed by atoms with E-state index in [-0.39, 0.29) is 19.2 Å². The summed E-state index contributed by atoms with van der Waals surface area (Å²) in [5.41, 5.74) is 0. The zero-order valence-electron chi connectivity index (χ0n) is 22.7.